The van der Waals surface area contributed by atoms with Crippen molar-refractivity contribution in [1.82, 2.24) is 9.97 Å². The van der Waals surface area contributed by atoms with Crippen molar-refractivity contribution < 1.29 is 4.42 Å². The van der Waals surface area contributed by atoms with Gasteiger partial charge in [0.1, 0.15) is 17.9 Å². The van der Waals surface area contributed by atoms with Crippen LogP contribution in [-0.4, -0.2) is 9.97 Å². The monoisotopic (exact) mass is 239 g/mol. The Hall–Kier alpha value is -2.36. The maximum atomic E-state index is 6.00. The molecule has 0 spiro atoms. The van der Waals surface area contributed by atoms with Crippen LogP contribution in [0.3, 0.4) is 0 Å². The minimum Gasteiger partial charge on any atom is -0.445 e. The first-order valence-corrected chi connectivity index (χ1v) is 5.88. The SMILES string of the molecule is CCc1nc(N)c2c(-c3ccccc3)coc2n1. The lowest BCUT2D eigenvalue weighted by atomic mass is 10.1. The molecule has 2 N–H and O–H groups in total. The van der Waals surface area contributed by atoms with E-state index in [0.29, 0.717) is 17.4 Å². The summed E-state index contributed by atoms with van der Waals surface area (Å²) in [5, 5.41) is 0.790. The van der Waals surface area contributed by atoms with E-state index in [1.807, 2.05) is 37.3 Å². The first kappa shape index (κ1) is 10.8. The molecule has 1 aromatic carbocycles. The minimum atomic E-state index is 0.476. The summed E-state index contributed by atoms with van der Waals surface area (Å²) >= 11 is 0. The summed E-state index contributed by atoms with van der Waals surface area (Å²) in [4.78, 5) is 8.63. The molecule has 0 radical (unpaired) electrons. The molecule has 0 aliphatic heterocycles. The Bertz CT molecular complexity index is 689. The number of nitrogens with two attached hydrogens (primary N) is 1. The van der Waals surface area contributed by atoms with Crippen molar-refractivity contribution in [2.24, 2.45) is 0 Å². The Morgan fingerprint density at radius 2 is 1.94 bits per heavy atom. The van der Waals surface area contributed by atoms with Gasteiger partial charge in [-0.1, -0.05) is 37.3 Å². The Morgan fingerprint density at radius 3 is 2.67 bits per heavy atom. The second-order valence-corrected chi connectivity index (χ2v) is 4.07. The number of aryl methyl sites for hydroxylation is 1. The zero-order valence-electron chi connectivity index (χ0n) is 10.1. The van der Waals surface area contributed by atoms with E-state index in [-0.39, 0.29) is 0 Å². The minimum absolute atomic E-state index is 0.476. The Labute approximate surface area is 104 Å². The number of rotatable bonds is 2. The van der Waals surface area contributed by atoms with Gasteiger partial charge in [-0.2, -0.15) is 4.98 Å². The van der Waals surface area contributed by atoms with Crippen LogP contribution in [0.4, 0.5) is 5.82 Å². The summed E-state index contributed by atoms with van der Waals surface area (Å²) in [7, 11) is 0. The second kappa shape index (κ2) is 4.14. The van der Waals surface area contributed by atoms with Crippen molar-refractivity contribution in [2.75, 3.05) is 5.73 Å². The molecule has 0 fully saturated rings. The third kappa shape index (κ3) is 1.62. The zero-order chi connectivity index (χ0) is 12.5. The number of nitrogens with zero attached hydrogens (tertiary/aromatic N) is 2. The number of fused-ring (bicyclic) bond motifs is 1. The van der Waals surface area contributed by atoms with Gasteiger partial charge < -0.3 is 10.2 Å². The van der Waals surface area contributed by atoms with Crippen molar-refractivity contribution >= 4 is 16.9 Å². The summed E-state index contributed by atoms with van der Waals surface area (Å²) in [6.07, 6.45) is 2.42. The van der Waals surface area contributed by atoms with Crippen LogP contribution in [0.2, 0.25) is 0 Å². The lowest BCUT2D eigenvalue weighted by molar-refractivity contribution is 0.600. The fourth-order valence-electron chi connectivity index (χ4n) is 2.00. The second-order valence-electron chi connectivity index (χ2n) is 4.07. The average Bonchev–Trinajstić information content (AvgIpc) is 2.84. The van der Waals surface area contributed by atoms with Gasteiger partial charge >= 0.3 is 0 Å². The van der Waals surface area contributed by atoms with Gasteiger partial charge in [-0.05, 0) is 5.56 Å². The number of hydrogen-bond donors (Lipinski definition) is 1. The van der Waals surface area contributed by atoms with Crippen LogP contribution in [0, 0.1) is 0 Å². The normalized spacial score (nSPS) is 10.9. The van der Waals surface area contributed by atoms with Gasteiger partial charge in [0.15, 0.2) is 0 Å². The highest BCUT2D eigenvalue weighted by Gasteiger charge is 2.14. The molecule has 0 bridgehead atoms. The van der Waals surface area contributed by atoms with E-state index < -0.39 is 0 Å². The Balaban J connectivity index is 2.27. The fourth-order valence-corrected chi connectivity index (χ4v) is 2.00. The van der Waals surface area contributed by atoms with Gasteiger partial charge in [-0.25, -0.2) is 4.98 Å². The maximum Gasteiger partial charge on any atom is 0.232 e. The lowest BCUT2D eigenvalue weighted by Crippen LogP contribution is -1.99. The summed E-state index contributed by atoms with van der Waals surface area (Å²) in [6.45, 7) is 1.99. The molecule has 90 valence electrons. The van der Waals surface area contributed by atoms with Crippen LogP contribution in [0.25, 0.3) is 22.2 Å². The van der Waals surface area contributed by atoms with Gasteiger partial charge in [-0.15, -0.1) is 0 Å². The van der Waals surface area contributed by atoms with Crippen LogP contribution >= 0.6 is 0 Å². The van der Waals surface area contributed by atoms with E-state index in [9.17, 15) is 0 Å². The van der Waals surface area contributed by atoms with Crippen LogP contribution in [0.5, 0.6) is 0 Å². The molecule has 0 saturated carbocycles. The number of nitrogen functional groups attached to an aromatic ring is 1. The Kier molecular flexibility index (Phi) is 2.48. The highest BCUT2D eigenvalue weighted by atomic mass is 16.3. The van der Waals surface area contributed by atoms with E-state index in [1.165, 1.54) is 0 Å². The summed E-state index contributed by atoms with van der Waals surface area (Å²) in [6, 6.07) is 9.95. The molecule has 0 aliphatic carbocycles. The number of benzene rings is 1. The van der Waals surface area contributed by atoms with Crippen molar-refractivity contribution in [1.29, 1.82) is 0 Å². The predicted molar refractivity (Wildman–Crippen MR) is 71.0 cm³/mol. The summed E-state index contributed by atoms with van der Waals surface area (Å²) < 4.78 is 5.50. The number of hydrogen-bond acceptors (Lipinski definition) is 4. The van der Waals surface area contributed by atoms with Crippen LogP contribution in [0.15, 0.2) is 41.0 Å². The molecular weight excluding hydrogens is 226 g/mol. The lowest BCUT2D eigenvalue weighted by Gasteiger charge is -2.01. The zero-order valence-corrected chi connectivity index (χ0v) is 10.1. The van der Waals surface area contributed by atoms with Crippen molar-refractivity contribution in [3.63, 3.8) is 0 Å². The molecule has 4 heteroatoms. The first-order valence-electron chi connectivity index (χ1n) is 5.88. The van der Waals surface area contributed by atoms with E-state index in [1.54, 1.807) is 6.26 Å². The van der Waals surface area contributed by atoms with Crippen LogP contribution in [-0.2, 0) is 6.42 Å². The molecule has 2 heterocycles. The van der Waals surface area contributed by atoms with Gasteiger partial charge in [0.25, 0.3) is 0 Å². The van der Waals surface area contributed by atoms with Gasteiger partial charge in [0.2, 0.25) is 5.71 Å². The average molecular weight is 239 g/mol. The van der Waals surface area contributed by atoms with Gasteiger partial charge in [0.05, 0.1) is 5.39 Å². The van der Waals surface area contributed by atoms with Crippen molar-refractivity contribution in [3.05, 3.63) is 42.4 Å². The van der Waals surface area contributed by atoms with Gasteiger partial charge in [-0.3, -0.25) is 0 Å². The molecule has 18 heavy (non-hydrogen) atoms. The summed E-state index contributed by atoms with van der Waals surface area (Å²) in [5.74, 6) is 1.18. The number of anilines is 1. The number of aromatic nitrogens is 2. The molecule has 0 amide bonds. The van der Waals surface area contributed by atoms with Crippen molar-refractivity contribution in [3.8, 4) is 11.1 Å². The third-order valence-corrected chi connectivity index (χ3v) is 2.91. The van der Waals surface area contributed by atoms with E-state index in [2.05, 4.69) is 9.97 Å². The molecular formula is C14H13N3O. The molecule has 0 unspecified atom stereocenters. The summed E-state index contributed by atoms with van der Waals surface area (Å²) in [5.41, 5.74) is 8.55. The maximum absolute atomic E-state index is 6.00. The quantitative estimate of drug-likeness (QED) is 0.746. The standard InChI is InChI=1S/C14H13N3O/c1-2-11-16-13(15)12-10(8-18-14(12)17-11)9-6-4-3-5-7-9/h3-8H,2H2,1H3,(H2,15,16,17). The molecule has 0 aliphatic rings. The van der Waals surface area contributed by atoms with Crippen LogP contribution in [0.1, 0.15) is 12.7 Å². The molecule has 0 atom stereocenters. The first-order chi connectivity index (χ1) is 8.79. The van der Waals surface area contributed by atoms with Crippen molar-refractivity contribution in [2.45, 2.75) is 13.3 Å². The molecule has 4 nitrogen and oxygen atoms in total. The fraction of sp³-hybridized carbons (Fsp3) is 0.143. The van der Waals surface area contributed by atoms with E-state index in [4.69, 9.17) is 10.2 Å². The smallest absolute Gasteiger partial charge is 0.232 e. The van der Waals surface area contributed by atoms with E-state index >= 15 is 0 Å². The molecule has 2 aromatic heterocycles. The topological polar surface area (TPSA) is 64.9 Å². The third-order valence-electron chi connectivity index (χ3n) is 2.91. The largest absolute Gasteiger partial charge is 0.445 e. The predicted octanol–water partition coefficient (Wildman–Crippen LogP) is 3.03. The van der Waals surface area contributed by atoms with Gasteiger partial charge in [0, 0.05) is 12.0 Å². The van der Waals surface area contributed by atoms with Crippen LogP contribution < -0.4 is 5.73 Å². The Morgan fingerprint density at radius 1 is 1.17 bits per heavy atom. The number of furan rings is 1. The molecule has 3 aromatic rings. The molecule has 3 rings (SSSR count). The highest BCUT2D eigenvalue weighted by molar-refractivity contribution is 5.98. The molecule has 0 saturated heterocycles. The van der Waals surface area contributed by atoms with E-state index in [0.717, 1.165) is 22.9 Å². The highest BCUT2D eigenvalue weighted by Crippen LogP contribution is 2.32.